The molecule has 0 aromatic heterocycles. The number of hydrogen-bond acceptors (Lipinski definition) is 4. The van der Waals surface area contributed by atoms with E-state index in [1.807, 2.05) is 0 Å². The van der Waals surface area contributed by atoms with Crippen LogP contribution in [-0.2, 0) is 4.79 Å². The van der Waals surface area contributed by atoms with Crippen LogP contribution in [-0.4, -0.2) is 16.1 Å². The molecule has 5 nitrogen and oxygen atoms in total. The maximum atomic E-state index is 10.7. The van der Waals surface area contributed by atoms with Crippen LogP contribution in [0.1, 0.15) is 6.92 Å². The van der Waals surface area contributed by atoms with E-state index >= 15 is 0 Å². The molecule has 1 heterocycles. The first-order chi connectivity index (χ1) is 6.06. The number of carboxylic acids is 1. The van der Waals surface area contributed by atoms with Gasteiger partial charge in [-0.05, 0) is 18.6 Å². The minimum Gasteiger partial charge on any atom is -0.478 e. The fourth-order valence-corrected chi connectivity index (χ4v) is 1.05. The van der Waals surface area contributed by atoms with Crippen LogP contribution in [0.4, 0.5) is 0 Å². The van der Waals surface area contributed by atoms with Crippen molar-refractivity contribution in [2.45, 2.75) is 6.92 Å². The molecule has 0 radical (unpaired) electrons. The van der Waals surface area contributed by atoms with Crippen LogP contribution in [0.15, 0.2) is 35.3 Å². The number of rotatable bonds is 1. The molecule has 5 heteroatoms. The van der Waals surface area contributed by atoms with Crippen LogP contribution in [0.25, 0.3) is 0 Å². The van der Waals surface area contributed by atoms with E-state index in [0.29, 0.717) is 11.3 Å². The van der Waals surface area contributed by atoms with Gasteiger partial charge in [0.15, 0.2) is 0 Å². The lowest BCUT2D eigenvalue weighted by Gasteiger charge is -2.21. The zero-order valence-corrected chi connectivity index (χ0v) is 7.19. The van der Waals surface area contributed by atoms with Crippen molar-refractivity contribution in [2.24, 2.45) is 11.6 Å². The van der Waals surface area contributed by atoms with Gasteiger partial charge in [-0.15, -0.1) is 0 Å². The summed E-state index contributed by atoms with van der Waals surface area (Å²) in [6.45, 7) is 1.69. The Hall–Kier alpha value is -1.75. The summed E-state index contributed by atoms with van der Waals surface area (Å²) in [5, 5.41) is 9.92. The maximum absolute atomic E-state index is 10.7. The van der Waals surface area contributed by atoms with Crippen molar-refractivity contribution >= 4 is 5.97 Å². The summed E-state index contributed by atoms with van der Waals surface area (Å²) >= 11 is 0. The van der Waals surface area contributed by atoms with Gasteiger partial charge in [0.25, 0.3) is 0 Å². The highest BCUT2D eigenvalue weighted by molar-refractivity contribution is 5.92. The summed E-state index contributed by atoms with van der Waals surface area (Å²) in [6.07, 6.45) is 4.26. The number of carboxylic acid groups (broad SMARTS) is 1. The van der Waals surface area contributed by atoms with Gasteiger partial charge in [0.05, 0.1) is 11.3 Å². The predicted molar refractivity (Wildman–Crippen MR) is 47.8 cm³/mol. The number of hydrogen-bond donors (Lipinski definition) is 3. The molecule has 5 N–H and O–H groups in total. The van der Waals surface area contributed by atoms with Gasteiger partial charge in [0.2, 0.25) is 0 Å². The topological polar surface area (TPSA) is 92.6 Å². The van der Waals surface area contributed by atoms with Gasteiger partial charge in [-0.25, -0.2) is 10.6 Å². The Bertz CT molecular complexity index is 328. The highest BCUT2D eigenvalue weighted by Gasteiger charge is 2.16. The molecule has 0 bridgehead atoms. The van der Waals surface area contributed by atoms with Crippen LogP contribution in [0.5, 0.6) is 0 Å². The number of allylic oxidation sites excluding steroid dienone is 1. The largest absolute Gasteiger partial charge is 0.478 e. The molecule has 1 rings (SSSR count). The first-order valence-corrected chi connectivity index (χ1v) is 3.66. The van der Waals surface area contributed by atoms with E-state index in [4.69, 9.17) is 16.7 Å². The van der Waals surface area contributed by atoms with Crippen LogP contribution in [0.3, 0.4) is 0 Å². The standard InChI is InChI=1S/C8H11N3O2/c1-5-2-6(3-9)11(10)4-7(5)8(12)13/h2-4H,9-10H2,1H3,(H,12,13)/b6-3-. The van der Waals surface area contributed by atoms with Crippen molar-refractivity contribution in [3.63, 3.8) is 0 Å². The molecule has 0 atom stereocenters. The molecule has 0 unspecified atom stereocenters. The lowest BCUT2D eigenvalue weighted by molar-refractivity contribution is -0.132. The second-order valence-corrected chi connectivity index (χ2v) is 2.67. The smallest absolute Gasteiger partial charge is 0.337 e. The second kappa shape index (κ2) is 3.32. The number of nitrogens with zero attached hydrogens (tertiary/aromatic N) is 1. The summed E-state index contributed by atoms with van der Waals surface area (Å²) in [4.78, 5) is 10.7. The van der Waals surface area contributed by atoms with Gasteiger partial charge in [0.1, 0.15) is 0 Å². The first-order valence-electron chi connectivity index (χ1n) is 3.66. The summed E-state index contributed by atoms with van der Waals surface area (Å²) in [6, 6.07) is 0. The SMILES string of the molecule is CC1=C/C(=C/N)N(N)C=C1C(=O)O. The summed E-state index contributed by atoms with van der Waals surface area (Å²) in [7, 11) is 0. The highest BCUT2D eigenvalue weighted by Crippen LogP contribution is 2.19. The molecule has 1 aliphatic rings. The highest BCUT2D eigenvalue weighted by atomic mass is 16.4. The first kappa shape index (κ1) is 9.34. The molecule has 70 valence electrons. The quantitative estimate of drug-likeness (QED) is 0.491. The van der Waals surface area contributed by atoms with E-state index in [9.17, 15) is 4.79 Å². The van der Waals surface area contributed by atoms with Gasteiger partial charge >= 0.3 is 5.97 Å². The molecule has 0 aliphatic carbocycles. The number of nitrogens with two attached hydrogens (primary N) is 2. The lowest BCUT2D eigenvalue weighted by atomic mass is 10.1. The third-order valence-electron chi connectivity index (χ3n) is 1.76. The average molecular weight is 181 g/mol. The molecular formula is C8H11N3O2. The van der Waals surface area contributed by atoms with E-state index in [1.54, 1.807) is 13.0 Å². The summed E-state index contributed by atoms with van der Waals surface area (Å²) in [5.74, 6) is 4.48. The van der Waals surface area contributed by atoms with E-state index < -0.39 is 5.97 Å². The molecule has 0 amide bonds. The Morgan fingerprint density at radius 2 is 2.31 bits per heavy atom. The fraction of sp³-hybridized carbons (Fsp3) is 0.125. The molecular weight excluding hydrogens is 170 g/mol. The fourth-order valence-electron chi connectivity index (χ4n) is 1.05. The Labute approximate surface area is 75.6 Å². The Balaban J connectivity index is 3.07. The second-order valence-electron chi connectivity index (χ2n) is 2.67. The summed E-state index contributed by atoms with van der Waals surface area (Å²) < 4.78 is 0. The van der Waals surface area contributed by atoms with Crippen molar-refractivity contribution < 1.29 is 9.90 Å². The minimum absolute atomic E-state index is 0.174. The molecule has 0 saturated carbocycles. The Kier molecular flexibility index (Phi) is 2.39. The molecule has 0 aromatic carbocycles. The van der Waals surface area contributed by atoms with Crippen LogP contribution >= 0.6 is 0 Å². The van der Waals surface area contributed by atoms with Gasteiger partial charge in [-0.3, -0.25) is 5.01 Å². The van der Waals surface area contributed by atoms with Crippen molar-refractivity contribution in [3.8, 4) is 0 Å². The van der Waals surface area contributed by atoms with Crippen molar-refractivity contribution in [3.05, 3.63) is 35.3 Å². The monoisotopic (exact) mass is 181 g/mol. The molecule has 0 saturated heterocycles. The van der Waals surface area contributed by atoms with Gasteiger partial charge < -0.3 is 10.8 Å². The van der Waals surface area contributed by atoms with Crippen molar-refractivity contribution in [1.82, 2.24) is 5.01 Å². The number of aliphatic carboxylic acids is 1. The molecule has 13 heavy (non-hydrogen) atoms. The van der Waals surface area contributed by atoms with Gasteiger partial charge in [0, 0.05) is 12.4 Å². The normalized spacial score (nSPS) is 19.8. The summed E-state index contributed by atoms with van der Waals surface area (Å²) in [5.41, 5.74) is 6.65. The van der Waals surface area contributed by atoms with Gasteiger partial charge in [-0.2, -0.15) is 0 Å². The van der Waals surface area contributed by atoms with Crippen molar-refractivity contribution in [1.29, 1.82) is 0 Å². The predicted octanol–water partition coefficient (Wildman–Crippen LogP) is -0.109. The van der Waals surface area contributed by atoms with Gasteiger partial charge in [-0.1, -0.05) is 0 Å². The molecule has 0 aromatic rings. The Morgan fingerprint density at radius 1 is 1.69 bits per heavy atom. The Morgan fingerprint density at radius 3 is 2.77 bits per heavy atom. The van der Waals surface area contributed by atoms with Crippen LogP contribution in [0.2, 0.25) is 0 Å². The van der Waals surface area contributed by atoms with E-state index in [-0.39, 0.29) is 5.57 Å². The van der Waals surface area contributed by atoms with E-state index in [0.717, 1.165) is 0 Å². The third-order valence-corrected chi connectivity index (χ3v) is 1.76. The zero-order valence-electron chi connectivity index (χ0n) is 7.19. The average Bonchev–Trinajstić information content (AvgIpc) is 2.07. The minimum atomic E-state index is -1.000. The van der Waals surface area contributed by atoms with E-state index in [1.165, 1.54) is 17.4 Å². The van der Waals surface area contributed by atoms with Crippen LogP contribution < -0.4 is 11.6 Å². The molecule has 0 spiro atoms. The van der Waals surface area contributed by atoms with Crippen LogP contribution in [0, 0.1) is 0 Å². The lowest BCUT2D eigenvalue weighted by Crippen LogP contribution is -2.28. The van der Waals surface area contributed by atoms with Crippen molar-refractivity contribution in [2.75, 3.05) is 0 Å². The number of hydrazine groups is 1. The van der Waals surface area contributed by atoms with E-state index in [2.05, 4.69) is 0 Å². The molecule has 1 aliphatic heterocycles. The maximum Gasteiger partial charge on any atom is 0.337 e. The zero-order chi connectivity index (χ0) is 10.0. The molecule has 0 fully saturated rings. The third kappa shape index (κ3) is 1.70. The number of carbonyl (C=O) groups is 1.